The normalized spacial score (nSPS) is 12.3. The molecule has 1 aromatic carbocycles. The quantitative estimate of drug-likeness (QED) is 0.782. The van der Waals surface area contributed by atoms with Gasteiger partial charge in [0.2, 0.25) is 11.8 Å². The molecule has 22 heavy (non-hydrogen) atoms. The van der Waals surface area contributed by atoms with E-state index in [-0.39, 0.29) is 6.04 Å². The van der Waals surface area contributed by atoms with Crippen molar-refractivity contribution in [2.24, 2.45) is 0 Å². The monoisotopic (exact) mass is 314 g/mol. The van der Waals surface area contributed by atoms with E-state index in [1.54, 1.807) is 13.1 Å². The van der Waals surface area contributed by atoms with Gasteiger partial charge in [-0.15, -0.1) is 10.2 Å². The van der Waals surface area contributed by atoms with Crippen LogP contribution in [0.1, 0.15) is 29.1 Å². The summed E-state index contributed by atoms with van der Waals surface area (Å²) in [5.41, 5.74) is 1.93. The molecule has 1 atom stereocenters. The third kappa shape index (κ3) is 3.50. The molecule has 0 spiro atoms. The van der Waals surface area contributed by atoms with E-state index in [0.717, 1.165) is 11.3 Å². The van der Waals surface area contributed by atoms with Gasteiger partial charge in [0.25, 0.3) is 0 Å². The molecule has 3 aromatic rings. The lowest BCUT2D eigenvalue weighted by Crippen LogP contribution is -2.23. The van der Waals surface area contributed by atoms with Gasteiger partial charge in [0, 0.05) is 18.1 Å². The molecule has 5 nitrogen and oxygen atoms in total. The van der Waals surface area contributed by atoms with Crippen LogP contribution in [0.25, 0.3) is 0 Å². The minimum absolute atomic E-state index is 0.105. The number of nitrogens with zero attached hydrogens (tertiary/aromatic N) is 3. The minimum Gasteiger partial charge on any atom is -0.424 e. The van der Waals surface area contributed by atoms with Crippen LogP contribution in [0.5, 0.6) is 0 Å². The Bertz CT molecular complexity index is 745. The molecule has 0 aliphatic carbocycles. The molecule has 0 fully saturated rings. The van der Waals surface area contributed by atoms with Crippen LogP contribution < -0.4 is 5.32 Å². The van der Waals surface area contributed by atoms with Gasteiger partial charge in [0.05, 0.1) is 18.3 Å². The number of hydrogen-bond acceptors (Lipinski definition) is 5. The van der Waals surface area contributed by atoms with Gasteiger partial charge < -0.3 is 4.42 Å². The molecule has 0 bridgehead atoms. The van der Waals surface area contributed by atoms with Gasteiger partial charge in [-0.05, 0) is 29.8 Å². The first-order valence-corrected chi connectivity index (χ1v) is 7.29. The number of aryl methyl sites for hydroxylation is 1. The summed E-state index contributed by atoms with van der Waals surface area (Å²) in [6, 6.07) is 13.4. The Labute approximate surface area is 133 Å². The predicted molar refractivity (Wildman–Crippen MR) is 83.4 cm³/mol. The Morgan fingerprint density at radius 2 is 2.09 bits per heavy atom. The fourth-order valence-electron chi connectivity index (χ4n) is 2.22. The molecule has 0 saturated carbocycles. The Kier molecular flexibility index (Phi) is 4.46. The molecule has 2 aromatic heterocycles. The average molecular weight is 315 g/mol. The van der Waals surface area contributed by atoms with Gasteiger partial charge in [-0.1, -0.05) is 29.8 Å². The Morgan fingerprint density at radius 3 is 2.77 bits per heavy atom. The highest BCUT2D eigenvalue weighted by atomic mass is 35.5. The number of aromatic nitrogens is 3. The van der Waals surface area contributed by atoms with Crippen molar-refractivity contribution in [3.8, 4) is 0 Å². The van der Waals surface area contributed by atoms with Crippen molar-refractivity contribution in [3.05, 3.63) is 76.7 Å². The molecule has 0 unspecified atom stereocenters. The van der Waals surface area contributed by atoms with E-state index in [9.17, 15) is 0 Å². The van der Waals surface area contributed by atoms with Crippen molar-refractivity contribution in [1.82, 2.24) is 20.5 Å². The summed E-state index contributed by atoms with van der Waals surface area (Å²) in [6.45, 7) is 2.22. The van der Waals surface area contributed by atoms with Gasteiger partial charge in [-0.25, -0.2) is 0 Å². The maximum Gasteiger partial charge on any atom is 0.230 e. The van der Waals surface area contributed by atoms with Crippen LogP contribution in [-0.2, 0) is 6.54 Å². The Hall–Kier alpha value is -2.24. The first-order valence-electron chi connectivity index (χ1n) is 6.91. The molecule has 1 N–H and O–H groups in total. The highest BCUT2D eigenvalue weighted by Gasteiger charge is 2.16. The number of halogens is 1. The fourth-order valence-corrected chi connectivity index (χ4v) is 2.42. The van der Waals surface area contributed by atoms with Gasteiger partial charge in [0.15, 0.2) is 0 Å². The molecule has 2 heterocycles. The van der Waals surface area contributed by atoms with Crippen molar-refractivity contribution >= 4 is 11.6 Å². The van der Waals surface area contributed by atoms with Crippen LogP contribution >= 0.6 is 11.6 Å². The molecule has 6 heteroatoms. The summed E-state index contributed by atoms with van der Waals surface area (Å²) < 4.78 is 5.40. The first kappa shape index (κ1) is 14.7. The van der Waals surface area contributed by atoms with Crippen LogP contribution in [-0.4, -0.2) is 15.2 Å². The van der Waals surface area contributed by atoms with E-state index in [1.165, 1.54) is 0 Å². The maximum atomic E-state index is 6.11. The summed E-state index contributed by atoms with van der Waals surface area (Å²) in [5.74, 6) is 1.09. The van der Waals surface area contributed by atoms with Crippen molar-refractivity contribution in [2.75, 3.05) is 0 Å². The lowest BCUT2D eigenvalue weighted by molar-refractivity contribution is 0.434. The molecule has 0 radical (unpaired) electrons. The van der Waals surface area contributed by atoms with E-state index in [1.807, 2.05) is 42.5 Å². The van der Waals surface area contributed by atoms with Crippen molar-refractivity contribution in [2.45, 2.75) is 19.5 Å². The molecule has 0 aliphatic heterocycles. The average Bonchev–Trinajstić information content (AvgIpc) is 2.94. The zero-order valence-electron chi connectivity index (χ0n) is 12.0. The smallest absolute Gasteiger partial charge is 0.230 e. The number of hydrogen-bond donors (Lipinski definition) is 1. The highest BCUT2D eigenvalue weighted by Crippen LogP contribution is 2.23. The second kappa shape index (κ2) is 6.68. The fraction of sp³-hybridized carbons (Fsp3) is 0.188. The van der Waals surface area contributed by atoms with Crippen LogP contribution in [0.15, 0.2) is 53.1 Å². The zero-order valence-corrected chi connectivity index (χ0v) is 12.8. The van der Waals surface area contributed by atoms with Crippen molar-refractivity contribution < 1.29 is 4.42 Å². The molecule has 0 amide bonds. The summed E-state index contributed by atoms with van der Waals surface area (Å²) in [4.78, 5) is 4.43. The highest BCUT2D eigenvalue weighted by molar-refractivity contribution is 6.30. The van der Waals surface area contributed by atoms with E-state index in [4.69, 9.17) is 16.0 Å². The topological polar surface area (TPSA) is 63.8 Å². The van der Waals surface area contributed by atoms with Crippen molar-refractivity contribution in [3.63, 3.8) is 0 Å². The molecular weight excluding hydrogens is 300 g/mol. The zero-order chi connectivity index (χ0) is 15.4. The SMILES string of the molecule is Cc1nnc(CN[C@H](c2cccc(Cl)c2)c2ccccn2)o1. The maximum absolute atomic E-state index is 6.11. The lowest BCUT2D eigenvalue weighted by Gasteiger charge is -2.18. The van der Waals surface area contributed by atoms with Crippen molar-refractivity contribution in [1.29, 1.82) is 0 Å². The number of benzene rings is 1. The standard InChI is InChI=1S/C16H15ClN4O/c1-11-20-21-15(22-11)10-19-16(14-7-2-3-8-18-14)12-5-4-6-13(17)9-12/h2-9,16,19H,10H2,1H3/t16-/m1/s1. The second-order valence-corrected chi connectivity index (χ2v) is 5.27. The predicted octanol–water partition coefficient (Wildman–Crippen LogP) is 3.31. The van der Waals surface area contributed by atoms with Gasteiger partial charge >= 0.3 is 0 Å². The third-order valence-corrected chi connectivity index (χ3v) is 3.43. The van der Waals surface area contributed by atoms with Crippen LogP contribution in [0, 0.1) is 6.92 Å². The molecule has 0 saturated heterocycles. The van der Waals surface area contributed by atoms with Crippen LogP contribution in [0.2, 0.25) is 5.02 Å². The second-order valence-electron chi connectivity index (χ2n) is 4.84. The first-order chi connectivity index (χ1) is 10.7. The number of pyridine rings is 1. The molecular formula is C16H15ClN4O. The van der Waals surface area contributed by atoms with E-state index in [2.05, 4.69) is 20.5 Å². The van der Waals surface area contributed by atoms with Gasteiger partial charge in [0.1, 0.15) is 0 Å². The van der Waals surface area contributed by atoms with Crippen LogP contribution in [0.3, 0.4) is 0 Å². The summed E-state index contributed by atoms with van der Waals surface area (Å²) in [7, 11) is 0. The molecule has 3 rings (SSSR count). The molecule has 0 aliphatic rings. The summed E-state index contributed by atoms with van der Waals surface area (Å²) >= 11 is 6.11. The lowest BCUT2D eigenvalue weighted by atomic mass is 10.0. The Morgan fingerprint density at radius 1 is 1.18 bits per heavy atom. The summed E-state index contributed by atoms with van der Waals surface area (Å²) in [5, 5.41) is 11.9. The van der Waals surface area contributed by atoms with Gasteiger partial charge in [-0.2, -0.15) is 0 Å². The third-order valence-electron chi connectivity index (χ3n) is 3.19. The summed E-state index contributed by atoms with van der Waals surface area (Å²) in [6.07, 6.45) is 1.77. The minimum atomic E-state index is -0.105. The van der Waals surface area contributed by atoms with E-state index >= 15 is 0 Å². The molecule has 112 valence electrons. The van der Waals surface area contributed by atoms with E-state index in [0.29, 0.717) is 23.3 Å². The number of nitrogens with one attached hydrogen (secondary N) is 1. The van der Waals surface area contributed by atoms with Gasteiger partial charge in [-0.3, -0.25) is 10.3 Å². The van der Waals surface area contributed by atoms with E-state index < -0.39 is 0 Å². The Balaban J connectivity index is 1.86. The largest absolute Gasteiger partial charge is 0.424 e. The number of rotatable bonds is 5. The van der Waals surface area contributed by atoms with Crippen LogP contribution in [0.4, 0.5) is 0 Å².